The third-order valence-corrected chi connectivity index (χ3v) is 4.66. The number of carbonyl (C=O) groups is 2. The van der Waals surface area contributed by atoms with Crippen LogP contribution in [0.4, 0.5) is 5.95 Å². The van der Waals surface area contributed by atoms with E-state index >= 15 is 0 Å². The summed E-state index contributed by atoms with van der Waals surface area (Å²) in [6.45, 7) is 1.72. The molecule has 2 heterocycles. The van der Waals surface area contributed by atoms with E-state index in [1.165, 1.54) is 23.9 Å². The zero-order chi connectivity index (χ0) is 19.1. The van der Waals surface area contributed by atoms with Gasteiger partial charge in [0.15, 0.2) is 0 Å². The molecule has 8 heteroatoms. The van der Waals surface area contributed by atoms with Crippen molar-refractivity contribution in [3.05, 3.63) is 42.2 Å². The van der Waals surface area contributed by atoms with Crippen LogP contribution in [0.3, 0.4) is 0 Å². The Morgan fingerprint density at radius 2 is 1.81 bits per heavy atom. The van der Waals surface area contributed by atoms with Gasteiger partial charge in [-0.05, 0) is 24.8 Å². The second kappa shape index (κ2) is 9.27. The molecular weight excluding hydrogens is 344 g/mol. The fourth-order valence-electron chi connectivity index (χ4n) is 3.15. The molecule has 1 saturated heterocycles. The van der Waals surface area contributed by atoms with Crippen molar-refractivity contribution in [1.29, 1.82) is 0 Å². The van der Waals surface area contributed by atoms with E-state index in [2.05, 4.69) is 15.4 Å². The van der Waals surface area contributed by atoms with Crippen LogP contribution in [-0.4, -0.2) is 50.6 Å². The van der Waals surface area contributed by atoms with E-state index in [-0.39, 0.29) is 24.3 Å². The number of hydrogen-bond donors (Lipinski definition) is 2. The molecule has 2 amide bonds. The third kappa shape index (κ3) is 5.62. The topological polar surface area (TPSA) is 106 Å². The van der Waals surface area contributed by atoms with Crippen molar-refractivity contribution in [2.45, 2.75) is 44.7 Å². The normalized spacial score (nSPS) is 15.8. The minimum Gasteiger partial charge on any atom is -0.341 e. The maximum Gasteiger partial charge on any atom is 0.248 e. The van der Waals surface area contributed by atoms with E-state index in [1.807, 2.05) is 35.2 Å². The summed E-state index contributed by atoms with van der Waals surface area (Å²) in [6, 6.07) is 8.88. The van der Waals surface area contributed by atoms with Crippen molar-refractivity contribution in [3.8, 4) is 0 Å². The Morgan fingerprint density at radius 3 is 2.52 bits per heavy atom. The van der Waals surface area contributed by atoms with Crippen LogP contribution in [0.2, 0.25) is 0 Å². The summed E-state index contributed by atoms with van der Waals surface area (Å²) >= 11 is 0. The van der Waals surface area contributed by atoms with Crippen LogP contribution in [0.1, 0.15) is 31.2 Å². The van der Waals surface area contributed by atoms with Crippen molar-refractivity contribution in [3.63, 3.8) is 0 Å². The predicted molar refractivity (Wildman–Crippen MR) is 102 cm³/mol. The first-order valence-electron chi connectivity index (χ1n) is 9.39. The number of amides is 2. The monoisotopic (exact) mass is 370 g/mol. The summed E-state index contributed by atoms with van der Waals surface area (Å²) in [5, 5.41) is 6.78. The van der Waals surface area contributed by atoms with Gasteiger partial charge in [0.05, 0.1) is 6.04 Å². The fourth-order valence-corrected chi connectivity index (χ4v) is 3.15. The number of nitrogens with zero attached hydrogens (tertiary/aromatic N) is 4. The Labute approximate surface area is 158 Å². The Morgan fingerprint density at radius 1 is 1.11 bits per heavy atom. The van der Waals surface area contributed by atoms with E-state index < -0.39 is 6.04 Å². The van der Waals surface area contributed by atoms with Gasteiger partial charge in [-0.2, -0.15) is 0 Å². The van der Waals surface area contributed by atoms with Crippen LogP contribution in [0.15, 0.2) is 36.7 Å². The lowest BCUT2D eigenvalue weighted by Gasteiger charge is -2.19. The molecule has 0 bridgehead atoms. The lowest BCUT2D eigenvalue weighted by molar-refractivity contribution is -0.132. The van der Waals surface area contributed by atoms with Crippen LogP contribution in [-0.2, 0) is 22.6 Å². The Bertz CT molecular complexity index is 753. The molecule has 3 rings (SSSR count). The van der Waals surface area contributed by atoms with Gasteiger partial charge in [0, 0.05) is 13.1 Å². The molecule has 0 spiro atoms. The van der Waals surface area contributed by atoms with E-state index in [4.69, 9.17) is 5.73 Å². The summed E-state index contributed by atoms with van der Waals surface area (Å²) < 4.78 is 1.45. The van der Waals surface area contributed by atoms with Crippen molar-refractivity contribution >= 4 is 17.8 Å². The number of likely N-dealkylation sites (tertiary alicyclic amines) is 1. The number of carbonyl (C=O) groups excluding carboxylic acids is 2. The molecule has 0 saturated carbocycles. The lowest BCUT2D eigenvalue weighted by Crippen LogP contribution is -2.37. The molecule has 1 atom stereocenters. The Balaban J connectivity index is 1.51. The van der Waals surface area contributed by atoms with Gasteiger partial charge in [0.2, 0.25) is 17.8 Å². The average Bonchev–Trinajstić information content (AvgIpc) is 2.93. The van der Waals surface area contributed by atoms with Gasteiger partial charge in [0.1, 0.15) is 12.9 Å². The quantitative estimate of drug-likeness (QED) is 0.794. The largest absolute Gasteiger partial charge is 0.341 e. The lowest BCUT2D eigenvalue weighted by atomic mass is 10.1. The maximum atomic E-state index is 12.4. The summed E-state index contributed by atoms with van der Waals surface area (Å²) in [7, 11) is 0. The standard InChI is InChI=1S/C19H26N6O2/c20-16(12-15-8-4-3-5-9-15)18(27)22-19-21-14-25(23-19)13-17(26)24-10-6-1-2-7-11-24/h3-5,8-9,14,16H,1-2,6-7,10-13,20H2,(H,22,23,27)/t16-/m0/s1. The van der Waals surface area contributed by atoms with Gasteiger partial charge < -0.3 is 10.6 Å². The number of nitrogens with two attached hydrogens (primary N) is 1. The zero-order valence-electron chi connectivity index (χ0n) is 15.4. The molecule has 1 aliphatic rings. The molecule has 3 N–H and O–H groups in total. The number of hydrogen-bond acceptors (Lipinski definition) is 5. The smallest absolute Gasteiger partial charge is 0.248 e. The van der Waals surface area contributed by atoms with Gasteiger partial charge in [-0.15, -0.1) is 5.10 Å². The first kappa shape index (κ1) is 19.0. The minimum absolute atomic E-state index is 0.0282. The fraction of sp³-hybridized carbons (Fsp3) is 0.474. The highest BCUT2D eigenvalue weighted by Gasteiger charge is 2.18. The van der Waals surface area contributed by atoms with Crippen molar-refractivity contribution in [2.75, 3.05) is 18.4 Å². The highest BCUT2D eigenvalue weighted by atomic mass is 16.2. The van der Waals surface area contributed by atoms with E-state index in [0.29, 0.717) is 6.42 Å². The summed E-state index contributed by atoms with van der Waals surface area (Å²) in [6.07, 6.45) is 6.32. The molecule has 0 radical (unpaired) electrons. The van der Waals surface area contributed by atoms with Crippen LogP contribution < -0.4 is 11.1 Å². The molecule has 144 valence electrons. The molecule has 8 nitrogen and oxygen atoms in total. The van der Waals surface area contributed by atoms with Gasteiger partial charge >= 0.3 is 0 Å². The number of nitrogens with one attached hydrogen (secondary N) is 1. The predicted octanol–water partition coefficient (Wildman–Crippen LogP) is 1.19. The first-order chi connectivity index (χ1) is 13.1. The molecule has 0 aliphatic carbocycles. The molecule has 1 aromatic heterocycles. The minimum atomic E-state index is -0.696. The maximum absolute atomic E-state index is 12.4. The third-order valence-electron chi connectivity index (χ3n) is 4.66. The Kier molecular flexibility index (Phi) is 6.54. The highest BCUT2D eigenvalue weighted by Crippen LogP contribution is 2.10. The van der Waals surface area contributed by atoms with Gasteiger partial charge in [-0.25, -0.2) is 9.67 Å². The molecule has 1 aromatic carbocycles. The van der Waals surface area contributed by atoms with Crippen LogP contribution >= 0.6 is 0 Å². The Hall–Kier alpha value is -2.74. The van der Waals surface area contributed by atoms with E-state index in [9.17, 15) is 9.59 Å². The van der Waals surface area contributed by atoms with Crippen molar-refractivity contribution in [2.24, 2.45) is 5.73 Å². The number of benzene rings is 1. The molecule has 27 heavy (non-hydrogen) atoms. The SMILES string of the molecule is N[C@@H](Cc1ccccc1)C(=O)Nc1ncn(CC(=O)N2CCCCCC2)n1. The highest BCUT2D eigenvalue weighted by molar-refractivity contribution is 5.93. The second-order valence-corrected chi connectivity index (χ2v) is 6.85. The molecule has 1 aliphatic heterocycles. The van der Waals surface area contributed by atoms with Crippen molar-refractivity contribution < 1.29 is 9.59 Å². The van der Waals surface area contributed by atoms with Crippen molar-refractivity contribution in [1.82, 2.24) is 19.7 Å². The van der Waals surface area contributed by atoms with Gasteiger partial charge in [0.25, 0.3) is 0 Å². The number of rotatable bonds is 6. The van der Waals surface area contributed by atoms with Crippen LogP contribution in [0.5, 0.6) is 0 Å². The van der Waals surface area contributed by atoms with Crippen LogP contribution in [0.25, 0.3) is 0 Å². The average molecular weight is 370 g/mol. The summed E-state index contributed by atoms with van der Waals surface area (Å²) in [5.74, 6) is -0.164. The first-order valence-corrected chi connectivity index (χ1v) is 9.39. The van der Waals surface area contributed by atoms with Crippen LogP contribution in [0, 0.1) is 0 Å². The molecule has 0 unspecified atom stereocenters. The van der Waals surface area contributed by atoms with E-state index in [1.54, 1.807) is 0 Å². The number of anilines is 1. The van der Waals surface area contributed by atoms with Gasteiger partial charge in [-0.3, -0.25) is 14.9 Å². The molecule has 2 aromatic rings. The second-order valence-electron chi connectivity index (χ2n) is 6.85. The summed E-state index contributed by atoms with van der Waals surface area (Å²) in [5.41, 5.74) is 6.95. The van der Waals surface area contributed by atoms with Gasteiger partial charge in [-0.1, -0.05) is 43.2 Å². The molecule has 1 fully saturated rings. The zero-order valence-corrected chi connectivity index (χ0v) is 15.4. The summed E-state index contributed by atoms with van der Waals surface area (Å²) in [4.78, 5) is 30.6. The molecular formula is C19H26N6O2. The van der Waals surface area contributed by atoms with E-state index in [0.717, 1.165) is 31.5 Å². The number of aromatic nitrogens is 3.